The molecule has 2 heterocycles. The average molecular weight is 358 g/mol. The van der Waals surface area contributed by atoms with E-state index in [4.69, 9.17) is 9.47 Å². The number of aromatic nitrogens is 1. The van der Waals surface area contributed by atoms with Gasteiger partial charge in [0.05, 0.1) is 15.5 Å². The number of hydrogen-bond acceptors (Lipinski definition) is 6. The number of hydrogen-bond donors (Lipinski definition) is 1. The van der Waals surface area contributed by atoms with Crippen LogP contribution in [-0.2, 0) is 4.79 Å². The van der Waals surface area contributed by atoms with Crippen LogP contribution in [0.15, 0.2) is 46.8 Å². The number of para-hydroxylation sites is 1. The number of ether oxygens (including phenoxy) is 2. The van der Waals surface area contributed by atoms with Gasteiger partial charge in [-0.25, -0.2) is 4.98 Å². The zero-order valence-corrected chi connectivity index (χ0v) is 14.4. The van der Waals surface area contributed by atoms with Crippen molar-refractivity contribution in [2.75, 3.05) is 12.1 Å². The van der Waals surface area contributed by atoms with Crippen molar-refractivity contribution in [1.29, 1.82) is 0 Å². The average Bonchev–Trinajstić information content (AvgIpc) is 3.19. The molecule has 1 amide bonds. The lowest BCUT2D eigenvalue weighted by atomic mass is 10.2. The highest BCUT2D eigenvalue weighted by Gasteiger charge is 2.19. The van der Waals surface area contributed by atoms with E-state index in [1.165, 1.54) is 11.8 Å². The Kier molecular flexibility index (Phi) is 4.03. The van der Waals surface area contributed by atoms with Crippen molar-refractivity contribution < 1.29 is 14.3 Å². The standard InChI is InChI=1S/C17H14N2O3S2/c1-10(23-17-19-12-4-2-3-5-15(12)24-17)16(20)18-11-6-7-13-14(8-11)22-9-21-13/h2-8,10H,9H2,1H3,(H,18,20)/t10-/m0/s1. The van der Waals surface area contributed by atoms with E-state index in [1.54, 1.807) is 29.5 Å². The molecule has 1 aliphatic heterocycles. The van der Waals surface area contributed by atoms with Gasteiger partial charge in [0.15, 0.2) is 15.8 Å². The second-order valence-electron chi connectivity index (χ2n) is 5.26. The van der Waals surface area contributed by atoms with E-state index in [9.17, 15) is 4.79 Å². The minimum Gasteiger partial charge on any atom is -0.454 e. The number of rotatable bonds is 4. The number of thioether (sulfide) groups is 1. The Balaban J connectivity index is 1.44. The van der Waals surface area contributed by atoms with Crippen molar-refractivity contribution in [1.82, 2.24) is 4.98 Å². The van der Waals surface area contributed by atoms with Crippen LogP contribution in [0.5, 0.6) is 11.5 Å². The van der Waals surface area contributed by atoms with Gasteiger partial charge in [-0.3, -0.25) is 4.79 Å². The van der Waals surface area contributed by atoms with E-state index in [0.717, 1.165) is 14.6 Å². The van der Waals surface area contributed by atoms with Gasteiger partial charge in [0.2, 0.25) is 12.7 Å². The number of fused-ring (bicyclic) bond motifs is 2. The second-order valence-corrected chi connectivity index (χ2v) is 7.88. The third kappa shape index (κ3) is 3.05. The first-order valence-corrected chi connectivity index (χ1v) is 9.11. The molecule has 7 heteroatoms. The van der Waals surface area contributed by atoms with Crippen LogP contribution in [0, 0.1) is 0 Å². The van der Waals surface area contributed by atoms with Gasteiger partial charge in [-0.05, 0) is 31.2 Å². The van der Waals surface area contributed by atoms with Crippen molar-refractivity contribution in [2.45, 2.75) is 16.5 Å². The summed E-state index contributed by atoms with van der Waals surface area (Å²) in [5.41, 5.74) is 1.66. The largest absolute Gasteiger partial charge is 0.454 e. The Bertz CT molecular complexity index is 877. The number of nitrogens with zero attached hydrogens (tertiary/aromatic N) is 1. The summed E-state index contributed by atoms with van der Waals surface area (Å²) in [5.74, 6) is 1.28. The molecule has 0 radical (unpaired) electrons. The SMILES string of the molecule is C[C@H](Sc1nc2ccccc2s1)C(=O)Nc1ccc2c(c1)OCO2. The maximum absolute atomic E-state index is 12.4. The highest BCUT2D eigenvalue weighted by molar-refractivity contribution is 8.02. The molecule has 0 unspecified atom stereocenters. The first-order valence-electron chi connectivity index (χ1n) is 7.42. The predicted molar refractivity (Wildman–Crippen MR) is 96.1 cm³/mol. The third-order valence-corrected chi connectivity index (χ3v) is 5.79. The van der Waals surface area contributed by atoms with E-state index in [-0.39, 0.29) is 18.0 Å². The van der Waals surface area contributed by atoms with Crippen LogP contribution in [0.2, 0.25) is 0 Å². The van der Waals surface area contributed by atoms with Crippen molar-refractivity contribution in [3.8, 4) is 11.5 Å². The Morgan fingerprint density at radius 3 is 2.96 bits per heavy atom. The topological polar surface area (TPSA) is 60.5 Å². The highest BCUT2D eigenvalue weighted by Crippen LogP contribution is 2.35. The van der Waals surface area contributed by atoms with Crippen LogP contribution < -0.4 is 14.8 Å². The Labute approximate surface area is 147 Å². The Hall–Kier alpha value is -2.25. The van der Waals surface area contributed by atoms with E-state index < -0.39 is 0 Å². The van der Waals surface area contributed by atoms with Crippen LogP contribution in [0.25, 0.3) is 10.2 Å². The molecule has 5 nitrogen and oxygen atoms in total. The Morgan fingerprint density at radius 1 is 1.25 bits per heavy atom. The second kappa shape index (κ2) is 6.33. The van der Waals surface area contributed by atoms with Crippen LogP contribution in [0.4, 0.5) is 5.69 Å². The number of benzene rings is 2. The van der Waals surface area contributed by atoms with Gasteiger partial charge in [0, 0.05) is 11.8 Å². The quantitative estimate of drug-likeness (QED) is 0.710. The minimum atomic E-state index is -0.254. The van der Waals surface area contributed by atoms with Gasteiger partial charge in [-0.15, -0.1) is 11.3 Å². The molecular weight excluding hydrogens is 344 g/mol. The third-order valence-electron chi connectivity index (χ3n) is 3.56. The molecule has 1 aliphatic rings. The number of anilines is 1. The van der Waals surface area contributed by atoms with Crippen molar-refractivity contribution >= 4 is 44.9 Å². The van der Waals surface area contributed by atoms with Crippen molar-refractivity contribution in [3.63, 3.8) is 0 Å². The smallest absolute Gasteiger partial charge is 0.237 e. The van der Waals surface area contributed by atoms with Crippen LogP contribution in [0.3, 0.4) is 0 Å². The predicted octanol–water partition coefficient (Wildman–Crippen LogP) is 4.14. The maximum atomic E-state index is 12.4. The zero-order valence-electron chi connectivity index (χ0n) is 12.8. The fourth-order valence-electron chi connectivity index (χ4n) is 2.32. The fourth-order valence-corrected chi connectivity index (χ4v) is 4.54. The van der Waals surface area contributed by atoms with E-state index >= 15 is 0 Å². The molecule has 0 spiro atoms. The van der Waals surface area contributed by atoms with Crippen LogP contribution in [-0.4, -0.2) is 22.9 Å². The summed E-state index contributed by atoms with van der Waals surface area (Å²) in [6, 6.07) is 13.3. The number of carbonyl (C=O) groups is 1. The molecule has 24 heavy (non-hydrogen) atoms. The number of amides is 1. The lowest BCUT2D eigenvalue weighted by Crippen LogP contribution is -2.22. The summed E-state index contributed by atoms with van der Waals surface area (Å²) in [4.78, 5) is 17.0. The summed E-state index contributed by atoms with van der Waals surface area (Å²) in [5, 5.41) is 2.65. The summed E-state index contributed by atoms with van der Waals surface area (Å²) in [6.45, 7) is 2.09. The summed E-state index contributed by atoms with van der Waals surface area (Å²) in [6.07, 6.45) is 0. The van der Waals surface area contributed by atoms with Gasteiger partial charge in [0.25, 0.3) is 0 Å². The highest BCUT2D eigenvalue weighted by atomic mass is 32.2. The molecular formula is C17H14N2O3S2. The zero-order chi connectivity index (χ0) is 16.5. The maximum Gasteiger partial charge on any atom is 0.237 e. The molecule has 2 aromatic carbocycles. The van der Waals surface area contributed by atoms with Gasteiger partial charge >= 0.3 is 0 Å². The van der Waals surface area contributed by atoms with Crippen LogP contribution >= 0.6 is 23.1 Å². The molecule has 0 fully saturated rings. The normalized spacial score (nSPS) is 13.9. The molecule has 1 atom stereocenters. The van der Waals surface area contributed by atoms with Crippen LogP contribution in [0.1, 0.15) is 6.92 Å². The fraction of sp³-hybridized carbons (Fsp3) is 0.176. The molecule has 1 N–H and O–H groups in total. The summed E-state index contributed by atoms with van der Waals surface area (Å²) >= 11 is 3.06. The van der Waals surface area contributed by atoms with Crippen molar-refractivity contribution in [2.24, 2.45) is 0 Å². The summed E-state index contributed by atoms with van der Waals surface area (Å²) < 4.78 is 12.6. The molecule has 1 aromatic heterocycles. The van der Waals surface area contributed by atoms with Gasteiger partial charge in [0.1, 0.15) is 0 Å². The first-order chi connectivity index (χ1) is 11.7. The minimum absolute atomic E-state index is 0.0712. The molecule has 122 valence electrons. The van der Waals surface area contributed by atoms with Gasteiger partial charge < -0.3 is 14.8 Å². The Morgan fingerprint density at radius 2 is 2.08 bits per heavy atom. The van der Waals surface area contributed by atoms with Gasteiger partial charge in [-0.1, -0.05) is 23.9 Å². The lowest BCUT2D eigenvalue weighted by Gasteiger charge is -2.10. The lowest BCUT2D eigenvalue weighted by molar-refractivity contribution is -0.115. The van der Waals surface area contributed by atoms with E-state index in [0.29, 0.717) is 17.2 Å². The monoisotopic (exact) mass is 358 g/mol. The molecule has 0 bridgehead atoms. The number of nitrogens with one attached hydrogen (secondary N) is 1. The van der Waals surface area contributed by atoms with E-state index in [2.05, 4.69) is 10.3 Å². The molecule has 0 saturated carbocycles. The molecule has 3 aromatic rings. The van der Waals surface area contributed by atoms with Gasteiger partial charge in [-0.2, -0.15) is 0 Å². The molecule has 4 rings (SSSR count). The van der Waals surface area contributed by atoms with Crippen molar-refractivity contribution in [3.05, 3.63) is 42.5 Å². The molecule has 0 saturated heterocycles. The first kappa shape index (κ1) is 15.3. The number of thiazole rings is 1. The molecule has 0 aliphatic carbocycles. The number of carbonyl (C=O) groups excluding carboxylic acids is 1. The van der Waals surface area contributed by atoms with E-state index in [1.807, 2.05) is 31.2 Å². The summed E-state index contributed by atoms with van der Waals surface area (Å²) in [7, 11) is 0.